The summed E-state index contributed by atoms with van der Waals surface area (Å²) in [5, 5.41) is 0.168. The standard InChI is InChI=1S/C26H26O6P/c1-15-12-20(24(27)18-10-8-7-9-11-18)16(2)17(3)23(15)26(28)33(29)25-21(31-5)13-19(30-4)14-22(25)32-6/h7-14H,1-6H3/q+1. The lowest BCUT2D eigenvalue weighted by Gasteiger charge is -2.13. The van der Waals surface area contributed by atoms with Gasteiger partial charge in [0.05, 0.1) is 26.9 Å². The number of rotatable bonds is 8. The van der Waals surface area contributed by atoms with Crippen molar-refractivity contribution in [3.8, 4) is 17.2 Å². The Morgan fingerprint density at radius 2 is 1.36 bits per heavy atom. The van der Waals surface area contributed by atoms with E-state index in [-0.39, 0.29) is 22.6 Å². The molecule has 3 aromatic carbocycles. The van der Waals surface area contributed by atoms with Crippen LogP contribution >= 0.6 is 7.80 Å². The van der Waals surface area contributed by atoms with Gasteiger partial charge in [0.25, 0.3) is 5.30 Å². The molecule has 0 heterocycles. The van der Waals surface area contributed by atoms with Gasteiger partial charge in [0.1, 0.15) is 5.75 Å². The molecule has 0 N–H and O–H groups in total. The molecule has 170 valence electrons. The quantitative estimate of drug-likeness (QED) is 0.338. The zero-order valence-electron chi connectivity index (χ0n) is 19.5. The monoisotopic (exact) mass is 465 g/mol. The van der Waals surface area contributed by atoms with E-state index in [9.17, 15) is 14.2 Å². The van der Waals surface area contributed by atoms with Crippen LogP contribution in [0.15, 0.2) is 48.5 Å². The Kier molecular flexibility index (Phi) is 7.29. The van der Waals surface area contributed by atoms with Crippen molar-refractivity contribution in [2.24, 2.45) is 0 Å². The van der Waals surface area contributed by atoms with Gasteiger partial charge >= 0.3 is 13.3 Å². The molecule has 3 rings (SSSR count). The van der Waals surface area contributed by atoms with Gasteiger partial charge in [-0.1, -0.05) is 34.9 Å². The normalized spacial score (nSPS) is 11.0. The van der Waals surface area contributed by atoms with Crippen molar-refractivity contribution in [3.05, 3.63) is 81.9 Å². The van der Waals surface area contributed by atoms with Gasteiger partial charge in [0.15, 0.2) is 17.3 Å². The summed E-state index contributed by atoms with van der Waals surface area (Å²) < 4.78 is 29.5. The summed E-state index contributed by atoms with van der Waals surface area (Å²) in [6.45, 7) is 5.31. The number of hydrogen-bond donors (Lipinski definition) is 0. The third-order valence-corrected chi connectivity index (χ3v) is 7.11. The van der Waals surface area contributed by atoms with Crippen molar-refractivity contribution in [2.45, 2.75) is 20.8 Å². The van der Waals surface area contributed by atoms with E-state index in [0.717, 1.165) is 0 Å². The molecule has 0 radical (unpaired) electrons. The number of hydrogen-bond acceptors (Lipinski definition) is 6. The van der Waals surface area contributed by atoms with Crippen LogP contribution in [0.25, 0.3) is 0 Å². The third-order valence-electron chi connectivity index (χ3n) is 5.67. The Labute approximate surface area is 194 Å². The molecule has 1 atom stereocenters. The van der Waals surface area contributed by atoms with Crippen molar-refractivity contribution in [1.29, 1.82) is 0 Å². The van der Waals surface area contributed by atoms with Crippen molar-refractivity contribution in [3.63, 3.8) is 0 Å². The minimum atomic E-state index is -2.58. The van der Waals surface area contributed by atoms with E-state index >= 15 is 0 Å². The molecule has 7 heteroatoms. The molecule has 0 aliphatic rings. The van der Waals surface area contributed by atoms with Crippen LogP contribution in [0.3, 0.4) is 0 Å². The first-order valence-electron chi connectivity index (χ1n) is 10.3. The van der Waals surface area contributed by atoms with E-state index in [1.54, 1.807) is 63.2 Å². The highest BCUT2D eigenvalue weighted by atomic mass is 31.1. The Balaban J connectivity index is 2.10. The van der Waals surface area contributed by atoms with Crippen molar-refractivity contribution < 1.29 is 28.4 Å². The summed E-state index contributed by atoms with van der Waals surface area (Å²) in [6.07, 6.45) is 0. The minimum absolute atomic E-state index is 0.124. The zero-order chi connectivity index (χ0) is 24.3. The lowest BCUT2D eigenvalue weighted by atomic mass is 9.90. The molecular formula is C26H26O6P+. The maximum absolute atomic E-state index is 13.5. The van der Waals surface area contributed by atoms with Crippen LogP contribution in [-0.4, -0.2) is 32.6 Å². The Hall–Kier alpha value is -3.50. The van der Waals surface area contributed by atoms with Crippen LogP contribution < -0.4 is 19.5 Å². The first-order chi connectivity index (χ1) is 15.7. The highest BCUT2D eigenvalue weighted by molar-refractivity contribution is 7.72. The SMILES string of the molecule is COc1cc(OC)c([P+](=O)C(=O)c2c(C)cc(C(=O)c3ccccc3)c(C)c2C)c(OC)c1. The summed E-state index contributed by atoms with van der Waals surface area (Å²) in [6, 6.07) is 13.8. The van der Waals surface area contributed by atoms with Gasteiger partial charge in [0.2, 0.25) is 0 Å². The Morgan fingerprint density at radius 1 is 0.788 bits per heavy atom. The second-order valence-corrected chi connectivity index (χ2v) is 8.98. The lowest BCUT2D eigenvalue weighted by Crippen LogP contribution is -2.14. The number of methoxy groups -OCH3 is 3. The fraction of sp³-hybridized carbons (Fsp3) is 0.231. The van der Waals surface area contributed by atoms with Crippen molar-refractivity contribution in [2.75, 3.05) is 21.3 Å². The Bertz CT molecular complexity index is 1220. The van der Waals surface area contributed by atoms with Gasteiger partial charge in [-0.05, 0) is 43.5 Å². The van der Waals surface area contributed by atoms with Crippen LogP contribution in [-0.2, 0) is 4.57 Å². The topological polar surface area (TPSA) is 78.9 Å². The summed E-state index contributed by atoms with van der Waals surface area (Å²) in [4.78, 5) is 26.5. The summed E-state index contributed by atoms with van der Waals surface area (Å²) in [5.74, 6) is 0.809. The van der Waals surface area contributed by atoms with Gasteiger partial charge in [-0.15, -0.1) is 0 Å². The van der Waals surface area contributed by atoms with E-state index in [1.807, 2.05) is 6.07 Å². The molecule has 1 unspecified atom stereocenters. The van der Waals surface area contributed by atoms with Gasteiger partial charge in [-0.25, -0.2) is 4.79 Å². The van der Waals surface area contributed by atoms with Crippen LogP contribution in [0.1, 0.15) is 43.0 Å². The fourth-order valence-corrected chi connectivity index (χ4v) is 5.24. The van der Waals surface area contributed by atoms with Crippen LogP contribution in [0.4, 0.5) is 0 Å². The first-order valence-corrected chi connectivity index (χ1v) is 11.5. The molecule has 33 heavy (non-hydrogen) atoms. The molecule has 0 spiro atoms. The van der Waals surface area contributed by atoms with E-state index in [0.29, 0.717) is 39.1 Å². The van der Waals surface area contributed by atoms with Crippen molar-refractivity contribution in [1.82, 2.24) is 0 Å². The Morgan fingerprint density at radius 3 is 1.88 bits per heavy atom. The maximum atomic E-state index is 13.5. The van der Waals surface area contributed by atoms with Crippen LogP contribution in [0.5, 0.6) is 17.2 Å². The summed E-state index contributed by atoms with van der Waals surface area (Å²) in [7, 11) is 1.77. The molecule has 0 bridgehead atoms. The predicted molar refractivity (Wildman–Crippen MR) is 128 cm³/mol. The third kappa shape index (κ3) is 4.53. The predicted octanol–water partition coefficient (Wildman–Crippen LogP) is 5.16. The van der Waals surface area contributed by atoms with Crippen LogP contribution in [0.2, 0.25) is 0 Å². The average molecular weight is 465 g/mol. The molecule has 3 aromatic rings. The molecule has 0 fully saturated rings. The van der Waals surface area contributed by atoms with Gasteiger partial charge < -0.3 is 14.2 Å². The number of ether oxygens (including phenoxy) is 3. The number of benzene rings is 3. The maximum Gasteiger partial charge on any atom is 0.466 e. The molecule has 0 amide bonds. The molecule has 0 saturated heterocycles. The molecule has 0 saturated carbocycles. The van der Waals surface area contributed by atoms with Gasteiger partial charge in [0, 0.05) is 23.3 Å². The summed E-state index contributed by atoms with van der Waals surface area (Å²) in [5.41, 5.74) is 2.74. The molecule has 0 aromatic heterocycles. The molecule has 6 nitrogen and oxygen atoms in total. The number of aryl methyl sites for hydroxylation is 1. The molecular weight excluding hydrogens is 439 g/mol. The zero-order valence-corrected chi connectivity index (χ0v) is 20.4. The lowest BCUT2D eigenvalue weighted by molar-refractivity contribution is 0.103. The van der Waals surface area contributed by atoms with Crippen molar-refractivity contribution >= 4 is 24.4 Å². The number of carbonyl (C=O) groups is 2. The fourth-order valence-electron chi connectivity index (χ4n) is 3.78. The number of ketones is 1. The molecule has 0 aliphatic heterocycles. The summed E-state index contributed by atoms with van der Waals surface area (Å²) >= 11 is 0. The van der Waals surface area contributed by atoms with Crippen LogP contribution in [0, 0.1) is 20.8 Å². The molecule has 0 aliphatic carbocycles. The van der Waals surface area contributed by atoms with E-state index < -0.39 is 13.3 Å². The van der Waals surface area contributed by atoms with Gasteiger partial charge in [-0.3, -0.25) is 4.79 Å². The second-order valence-electron chi connectivity index (χ2n) is 7.54. The van der Waals surface area contributed by atoms with Gasteiger partial charge in [-0.2, -0.15) is 0 Å². The number of carbonyl (C=O) groups excluding carboxylic acids is 2. The average Bonchev–Trinajstić information content (AvgIpc) is 2.84. The minimum Gasteiger partial charge on any atom is -0.496 e. The smallest absolute Gasteiger partial charge is 0.466 e. The second kappa shape index (κ2) is 9.97. The first kappa shape index (κ1) is 24.1. The van der Waals surface area contributed by atoms with E-state index in [2.05, 4.69) is 0 Å². The highest BCUT2D eigenvalue weighted by Gasteiger charge is 2.42. The highest BCUT2D eigenvalue weighted by Crippen LogP contribution is 2.40. The largest absolute Gasteiger partial charge is 0.496 e. The van der Waals surface area contributed by atoms with E-state index in [1.165, 1.54) is 21.3 Å². The van der Waals surface area contributed by atoms with E-state index in [4.69, 9.17) is 14.2 Å².